The number of nitrogens with zero attached hydrogens (tertiary/aromatic N) is 7. The molecule has 4 aromatic heterocycles. The molecule has 1 aromatic carbocycles. The van der Waals surface area contributed by atoms with Crippen LogP contribution in [0.1, 0.15) is 61.2 Å². The molecule has 1 aliphatic rings. The zero-order valence-corrected chi connectivity index (χ0v) is 23.5. The van der Waals surface area contributed by atoms with Crippen LogP contribution >= 0.6 is 0 Å². The van der Waals surface area contributed by atoms with Gasteiger partial charge in [0, 0.05) is 41.4 Å². The minimum absolute atomic E-state index is 0.193. The van der Waals surface area contributed by atoms with Gasteiger partial charge in [-0.15, -0.1) is 0 Å². The van der Waals surface area contributed by atoms with Crippen molar-refractivity contribution < 1.29 is 17.9 Å². The SMILES string of the molecule is COc1ncnc(C2CC2)c1-c1ncc2ccc(=O)n(Cc3ccc(-c4nc(C(F)(F)F)cn4C(C)C)c(C)c3)c2n1. The molecule has 5 aromatic rings. The number of ether oxygens (including phenoxy) is 1. The molecule has 216 valence electrons. The van der Waals surface area contributed by atoms with Crippen LogP contribution in [0.2, 0.25) is 0 Å². The van der Waals surface area contributed by atoms with Crippen molar-refractivity contribution in [2.24, 2.45) is 0 Å². The molecule has 1 fully saturated rings. The van der Waals surface area contributed by atoms with E-state index in [2.05, 4.69) is 19.9 Å². The summed E-state index contributed by atoms with van der Waals surface area (Å²) in [5, 5.41) is 0.675. The van der Waals surface area contributed by atoms with Crippen molar-refractivity contribution in [3.63, 3.8) is 0 Å². The lowest BCUT2D eigenvalue weighted by atomic mass is 10.0. The number of benzene rings is 1. The molecule has 0 saturated heterocycles. The van der Waals surface area contributed by atoms with Gasteiger partial charge in [-0.05, 0) is 50.8 Å². The molecule has 0 bridgehead atoms. The van der Waals surface area contributed by atoms with Crippen LogP contribution in [0, 0.1) is 6.92 Å². The summed E-state index contributed by atoms with van der Waals surface area (Å²) in [6.07, 6.45) is 1.65. The summed E-state index contributed by atoms with van der Waals surface area (Å²) in [6, 6.07) is 8.32. The van der Waals surface area contributed by atoms with E-state index in [9.17, 15) is 18.0 Å². The third-order valence-corrected chi connectivity index (χ3v) is 7.40. The summed E-state index contributed by atoms with van der Waals surface area (Å²) in [5.74, 6) is 1.27. The molecule has 12 heteroatoms. The second-order valence-electron chi connectivity index (χ2n) is 10.7. The molecule has 0 amide bonds. The number of alkyl halides is 3. The Hall–Kier alpha value is -4.61. The lowest BCUT2D eigenvalue weighted by Gasteiger charge is -2.15. The van der Waals surface area contributed by atoms with Gasteiger partial charge >= 0.3 is 6.18 Å². The van der Waals surface area contributed by atoms with E-state index in [1.807, 2.05) is 26.8 Å². The van der Waals surface area contributed by atoms with Crippen LogP contribution in [0.15, 0.2) is 53.8 Å². The fraction of sp³-hybridized carbons (Fsp3) is 0.333. The molecule has 0 spiro atoms. The Balaban J connectivity index is 1.41. The van der Waals surface area contributed by atoms with E-state index in [1.165, 1.54) is 24.1 Å². The van der Waals surface area contributed by atoms with Gasteiger partial charge in [0.1, 0.15) is 23.4 Å². The van der Waals surface area contributed by atoms with Gasteiger partial charge in [-0.1, -0.05) is 18.2 Å². The number of rotatable bonds is 7. The second kappa shape index (κ2) is 10.3. The largest absolute Gasteiger partial charge is 0.480 e. The Morgan fingerprint density at radius 2 is 1.86 bits per heavy atom. The smallest absolute Gasteiger partial charge is 0.434 e. The number of pyridine rings is 1. The van der Waals surface area contributed by atoms with Gasteiger partial charge in [0.15, 0.2) is 11.5 Å². The Bertz CT molecular complexity index is 1870. The molecule has 0 unspecified atom stereocenters. The van der Waals surface area contributed by atoms with Gasteiger partial charge < -0.3 is 9.30 Å². The van der Waals surface area contributed by atoms with Crippen molar-refractivity contribution in [3.8, 4) is 28.7 Å². The van der Waals surface area contributed by atoms with E-state index in [0.717, 1.165) is 35.9 Å². The third-order valence-electron chi connectivity index (χ3n) is 7.40. The van der Waals surface area contributed by atoms with E-state index in [-0.39, 0.29) is 29.9 Å². The van der Waals surface area contributed by atoms with E-state index >= 15 is 0 Å². The Kier molecular flexibility index (Phi) is 6.78. The normalized spacial score (nSPS) is 13.7. The summed E-state index contributed by atoms with van der Waals surface area (Å²) < 4.78 is 48.9. The van der Waals surface area contributed by atoms with Crippen molar-refractivity contribution in [2.45, 2.75) is 58.3 Å². The van der Waals surface area contributed by atoms with Crippen LogP contribution in [0.3, 0.4) is 0 Å². The third kappa shape index (κ3) is 5.01. The van der Waals surface area contributed by atoms with Crippen LogP contribution in [-0.2, 0) is 12.7 Å². The Morgan fingerprint density at radius 1 is 1.07 bits per heavy atom. The molecule has 1 aliphatic carbocycles. The van der Waals surface area contributed by atoms with Crippen molar-refractivity contribution in [1.82, 2.24) is 34.1 Å². The van der Waals surface area contributed by atoms with Crippen LogP contribution in [-0.4, -0.2) is 41.2 Å². The summed E-state index contributed by atoms with van der Waals surface area (Å²) in [4.78, 5) is 35.1. The first-order valence-corrected chi connectivity index (χ1v) is 13.6. The highest BCUT2D eigenvalue weighted by Gasteiger charge is 2.35. The molecule has 9 nitrogen and oxygen atoms in total. The Labute approximate surface area is 239 Å². The van der Waals surface area contributed by atoms with Gasteiger partial charge in [-0.2, -0.15) is 13.2 Å². The standard InChI is InChI=1S/C30H28F3N7O2/c1-16(2)39-14-22(30(31,32)33)37-28(39)21-9-5-18(11-17(21)3)13-40-23(41)10-8-20-12-34-26(38-27(20)40)24-25(19-6-7-19)35-15-36-29(24)42-4/h5,8-12,14-16,19H,6-7,13H2,1-4H3. The highest BCUT2D eigenvalue weighted by Crippen LogP contribution is 2.45. The fourth-order valence-corrected chi connectivity index (χ4v) is 5.14. The van der Waals surface area contributed by atoms with E-state index < -0.39 is 11.9 Å². The number of imidazole rings is 1. The van der Waals surface area contributed by atoms with E-state index in [0.29, 0.717) is 33.9 Å². The number of methoxy groups -OCH3 is 1. The van der Waals surface area contributed by atoms with Crippen LogP contribution in [0.5, 0.6) is 5.88 Å². The highest BCUT2D eigenvalue weighted by molar-refractivity contribution is 5.78. The summed E-state index contributed by atoms with van der Waals surface area (Å²) in [5.41, 5.74) is 2.79. The topological polar surface area (TPSA) is 101 Å². The zero-order chi connectivity index (χ0) is 29.8. The summed E-state index contributed by atoms with van der Waals surface area (Å²) >= 11 is 0. The number of fused-ring (bicyclic) bond motifs is 1. The van der Waals surface area contributed by atoms with Crippen LogP contribution in [0.25, 0.3) is 33.8 Å². The molecular weight excluding hydrogens is 547 g/mol. The molecule has 1 saturated carbocycles. The van der Waals surface area contributed by atoms with Gasteiger partial charge in [-0.3, -0.25) is 9.36 Å². The molecule has 0 radical (unpaired) electrons. The highest BCUT2D eigenvalue weighted by atomic mass is 19.4. The van der Waals surface area contributed by atoms with E-state index in [4.69, 9.17) is 9.72 Å². The summed E-state index contributed by atoms with van der Waals surface area (Å²) in [7, 11) is 1.53. The van der Waals surface area contributed by atoms with E-state index in [1.54, 1.807) is 29.0 Å². The molecule has 42 heavy (non-hydrogen) atoms. The quantitative estimate of drug-likeness (QED) is 0.236. The molecule has 0 aliphatic heterocycles. The maximum Gasteiger partial charge on any atom is 0.434 e. The van der Waals surface area contributed by atoms with Crippen molar-refractivity contribution >= 4 is 11.0 Å². The number of aryl methyl sites for hydroxylation is 1. The first kappa shape index (κ1) is 27.6. The molecular formula is C30H28F3N7O2. The minimum atomic E-state index is -4.55. The van der Waals surface area contributed by atoms with Crippen molar-refractivity contribution in [2.75, 3.05) is 7.11 Å². The van der Waals surface area contributed by atoms with Crippen molar-refractivity contribution in [1.29, 1.82) is 0 Å². The number of halogens is 3. The predicted molar refractivity (Wildman–Crippen MR) is 150 cm³/mol. The molecule has 4 heterocycles. The Morgan fingerprint density at radius 3 is 2.52 bits per heavy atom. The lowest BCUT2D eigenvalue weighted by Crippen LogP contribution is -2.21. The molecule has 6 rings (SSSR count). The van der Waals surface area contributed by atoms with Crippen molar-refractivity contribution in [3.05, 3.63) is 81.9 Å². The maximum atomic E-state index is 13.4. The number of hydrogen-bond donors (Lipinski definition) is 0. The van der Waals surface area contributed by atoms with Gasteiger partial charge in [0.05, 0.1) is 19.3 Å². The fourth-order valence-electron chi connectivity index (χ4n) is 5.14. The van der Waals surface area contributed by atoms with Crippen LogP contribution < -0.4 is 10.3 Å². The first-order chi connectivity index (χ1) is 20.0. The van der Waals surface area contributed by atoms with Gasteiger partial charge in [0.25, 0.3) is 5.56 Å². The number of aromatic nitrogens is 7. The molecule has 0 atom stereocenters. The van der Waals surface area contributed by atoms with Crippen LogP contribution in [0.4, 0.5) is 13.2 Å². The average Bonchev–Trinajstić information content (AvgIpc) is 3.70. The first-order valence-electron chi connectivity index (χ1n) is 13.6. The minimum Gasteiger partial charge on any atom is -0.480 e. The van der Waals surface area contributed by atoms with Gasteiger partial charge in [0.2, 0.25) is 5.88 Å². The average molecular weight is 576 g/mol. The lowest BCUT2D eigenvalue weighted by molar-refractivity contribution is -0.140. The number of hydrogen-bond acceptors (Lipinski definition) is 7. The van der Waals surface area contributed by atoms with Gasteiger partial charge in [-0.25, -0.2) is 24.9 Å². The zero-order valence-electron chi connectivity index (χ0n) is 23.5. The monoisotopic (exact) mass is 575 g/mol. The second-order valence-corrected chi connectivity index (χ2v) is 10.7. The molecule has 0 N–H and O–H groups in total. The summed E-state index contributed by atoms with van der Waals surface area (Å²) in [6.45, 7) is 5.63. The maximum absolute atomic E-state index is 13.4. The predicted octanol–water partition coefficient (Wildman–Crippen LogP) is 5.95.